The van der Waals surface area contributed by atoms with E-state index in [9.17, 15) is 9.59 Å². The maximum Gasteiger partial charge on any atom is 0.352 e. The van der Waals surface area contributed by atoms with E-state index in [1.807, 2.05) is 0 Å². The minimum atomic E-state index is -0.679. The van der Waals surface area contributed by atoms with E-state index in [0.29, 0.717) is 10.7 Å². The molecule has 0 saturated carbocycles. The molecule has 0 amide bonds. The lowest BCUT2D eigenvalue weighted by atomic mass is 10.1. The van der Waals surface area contributed by atoms with Crippen LogP contribution in [0.2, 0.25) is 0 Å². The van der Waals surface area contributed by atoms with Crippen LogP contribution in [-0.4, -0.2) is 26.0 Å². The first kappa shape index (κ1) is 10.0. The molecule has 1 aromatic heterocycles. The highest BCUT2D eigenvalue weighted by Crippen LogP contribution is 2.22. The quantitative estimate of drug-likeness (QED) is 0.668. The molecule has 0 spiro atoms. The Bertz CT molecular complexity index is 729. The van der Waals surface area contributed by atoms with Gasteiger partial charge in [-0.15, -0.1) is 0 Å². The smallest absolute Gasteiger partial charge is 0.265 e. The third kappa shape index (κ3) is 1.29. The summed E-state index contributed by atoms with van der Waals surface area (Å²) in [5, 5.41) is 8.06. The van der Waals surface area contributed by atoms with Gasteiger partial charge in [0, 0.05) is 5.03 Å². The maximum atomic E-state index is 11.6. The predicted molar refractivity (Wildman–Crippen MR) is 62.0 cm³/mol. The van der Waals surface area contributed by atoms with E-state index >= 15 is 0 Å². The second-order valence-corrected chi connectivity index (χ2v) is 4.02. The fraction of sp³-hybridized carbons (Fsp3) is 0.111. The van der Waals surface area contributed by atoms with Gasteiger partial charge in [0.25, 0.3) is 0 Å². The number of hydrogen-bond donors (Lipinski definition) is 2. The summed E-state index contributed by atoms with van der Waals surface area (Å²) in [6.45, 7) is 0. The van der Waals surface area contributed by atoms with Crippen molar-refractivity contribution in [2.24, 2.45) is 4.99 Å². The Morgan fingerprint density at radius 2 is 2.12 bits per heavy atom. The first-order valence-electron chi connectivity index (χ1n) is 4.74. The molecule has 86 valence electrons. The topological polar surface area (TPSA) is 96.0 Å². The monoisotopic (exact) mass is 251 g/mol. The molecular weight excluding hydrogens is 246 g/mol. The van der Waals surface area contributed by atoms with Crippen molar-refractivity contribution in [1.82, 2.24) is 14.3 Å². The van der Waals surface area contributed by atoms with Crippen LogP contribution in [-0.2, 0) is 0 Å². The Morgan fingerprint density at radius 1 is 1.35 bits per heavy atom. The molecule has 0 saturated heterocycles. The predicted octanol–water partition coefficient (Wildman–Crippen LogP) is -0.191. The number of rotatable bonds is 0. The standard InChI is InChI=1S/C9H6ClN5O2/c10-4-1-2-5-6(3-4)14-8(16)13-9(17)15(14)7(11)12-5/h1-3,6,11H,(H,13,16,17). The molecule has 1 atom stereocenters. The summed E-state index contributed by atoms with van der Waals surface area (Å²) in [6, 6.07) is -0.548. The van der Waals surface area contributed by atoms with Crippen LogP contribution in [0, 0.1) is 5.41 Å². The number of fused-ring (bicyclic) bond motifs is 3. The van der Waals surface area contributed by atoms with Gasteiger partial charge in [0.05, 0.1) is 5.71 Å². The SMILES string of the molecule is N=C1N=C2C=CC(Cl)=CC2n2c(=O)[nH]c(=O)n21. The maximum absolute atomic E-state index is 11.6. The summed E-state index contributed by atoms with van der Waals surface area (Å²) in [5.41, 5.74) is -0.768. The average Bonchev–Trinajstić information content (AvgIpc) is 2.56. The van der Waals surface area contributed by atoms with Gasteiger partial charge in [-0.3, -0.25) is 10.4 Å². The van der Waals surface area contributed by atoms with Crippen molar-refractivity contribution in [2.45, 2.75) is 6.04 Å². The van der Waals surface area contributed by atoms with E-state index < -0.39 is 17.4 Å². The van der Waals surface area contributed by atoms with E-state index in [0.717, 1.165) is 9.36 Å². The number of hydrogen-bond acceptors (Lipinski definition) is 3. The van der Waals surface area contributed by atoms with Gasteiger partial charge < -0.3 is 0 Å². The minimum absolute atomic E-state index is 0.296. The summed E-state index contributed by atoms with van der Waals surface area (Å²) in [6.07, 6.45) is 4.84. The number of allylic oxidation sites excluding steroid dienone is 4. The average molecular weight is 252 g/mol. The van der Waals surface area contributed by atoms with Gasteiger partial charge in [-0.25, -0.2) is 19.3 Å². The second-order valence-electron chi connectivity index (χ2n) is 3.58. The zero-order chi connectivity index (χ0) is 12.2. The van der Waals surface area contributed by atoms with Crippen LogP contribution in [0.4, 0.5) is 0 Å². The Balaban J connectivity index is 2.35. The van der Waals surface area contributed by atoms with Gasteiger partial charge in [-0.1, -0.05) is 11.6 Å². The summed E-state index contributed by atoms with van der Waals surface area (Å²) in [5.74, 6) is -0.296. The first-order valence-corrected chi connectivity index (χ1v) is 5.12. The molecule has 0 bridgehead atoms. The van der Waals surface area contributed by atoms with Gasteiger partial charge in [0.15, 0.2) is 0 Å². The van der Waals surface area contributed by atoms with Crippen molar-refractivity contribution in [2.75, 3.05) is 0 Å². The van der Waals surface area contributed by atoms with Crippen molar-refractivity contribution in [3.63, 3.8) is 0 Å². The van der Waals surface area contributed by atoms with E-state index in [-0.39, 0.29) is 5.96 Å². The van der Waals surface area contributed by atoms with Crippen LogP contribution in [0.25, 0.3) is 0 Å². The number of nitrogens with zero attached hydrogens (tertiary/aromatic N) is 3. The van der Waals surface area contributed by atoms with Crippen LogP contribution in [0.3, 0.4) is 0 Å². The normalized spacial score (nSPS) is 21.7. The third-order valence-electron chi connectivity index (χ3n) is 2.56. The van der Waals surface area contributed by atoms with Crippen LogP contribution in [0.5, 0.6) is 0 Å². The lowest BCUT2D eigenvalue weighted by Crippen LogP contribution is -2.41. The number of aromatic amines is 1. The van der Waals surface area contributed by atoms with E-state index in [2.05, 4.69) is 9.98 Å². The van der Waals surface area contributed by atoms with Crippen LogP contribution < -0.4 is 11.4 Å². The highest BCUT2D eigenvalue weighted by Gasteiger charge is 2.29. The number of halogens is 1. The molecule has 8 heteroatoms. The van der Waals surface area contributed by atoms with E-state index in [1.165, 1.54) is 0 Å². The molecule has 2 aliphatic rings. The Kier molecular flexibility index (Phi) is 1.87. The molecule has 1 aromatic rings. The van der Waals surface area contributed by atoms with Gasteiger partial charge in [-0.2, -0.15) is 4.68 Å². The lowest BCUT2D eigenvalue weighted by Gasteiger charge is -2.23. The fourth-order valence-corrected chi connectivity index (χ4v) is 2.05. The van der Waals surface area contributed by atoms with Gasteiger partial charge in [0.1, 0.15) is 6.04 Å². The number of H-pyrrole nitrogens is 1. The van der Waals surface area contributed by atoms with Crippen molar-refractivity contribution < 1.29 is 0 Å². The van der Waals surface area contributed by atoms with E-state index in [1.54, 1.807) is 18.2 Å². The highest BCUT2D eigenvalue weighted by molar-refractivity contribution is 6.32. The van der Waals surface area contributed by atoms with Gasteiger partial charge in [0.2, 0.25) is 5.96 Å². The highest BCUT2D eigenvalue weighted by atomic mass is 35.5. The summed E-state index contributed by atoms with van der Waals surface area (Å²) >= 11 is 5.85. The summed E-state index contributed by atoms with van der Waals surface area (Å²) in [4.78, 5) is 29.1. The van der Waals surface area contributed by atoms with Gasteiger partial charge in [-0.05, 0) is 18.2 Å². The molecule has 1 aliphatic carbocycles. The molecule has 1 aliphatic heterocycles. The summed E-state index contributed by atoms with van der Waals surface area (Å²) in [7, 11) is 0. The molecular formula is C9H6ClN5O2. The lowest BCUT2D eigenvalue weighted by molar-refractivity contribution is 0.555. The van der Waals surface area contributed by atoms with Crippen LogP contribution in [0.1, 0.15) is 6.04 Å². The number of aliphatic imine (C=N–C) groups is 1. The van der Waals surface area contributed by atoms with E-state index in [4.69, 9.17) is 17.0 Å². The molecule has 0 aromatic carbocycles. The Labute approximate surface area is 98.8 Å². The molecule has 2 heterocycles. The van der Waals surface area contributed by atoms with Crippen molar-refractivity contribution >= 4 is 23.3 Å². The van der Waals surface area contributed by atoms with Crippen molar-refractivity contribution in [3.05, 3.63) is 44.2 Å². The minimum Gasteiger partial charge on any atom is -0.265 e. The molecule has 0 fully saturated rings. The van der Waals surface area contributed by atoms with Crippen LogP contribution in [0.15, 0.2) is 37.8 Å². The van der Waals surface area contributed by atoms with Crippen molar-refractivity contribution in [3.8, 4) is 0 Å². The zero-order valence-corrected chi connectivity index (χ0v) is 9.10. The Hall–Kier alpha value is -2.15. The first-order chi connectivity index (χ1) is 8.08. The molecule has 3 rings (SSSR count). The number of nitrogens with one attached hydrogen (secondary N) is 2. The fourth-order valence-electron chi connectivity index (χ4n) is 1.86. The molecule has 17 heavy (non-hydrogen) atoms. The third-order valence-corrected chi connectivity index (χ3v) is 2.81. The number of aromatic nitrogens is 3. The Morgan fingerprint density at radius 3 is 2.88 bits per heavy atom. The van der Waals surface area contributed by atoms with Crippen LogP contribution >= 0.6 is 11.6 Å². The molecule has 2 N–H and O–H groups in total. The second kappa shape index (κ2) is 3.17. The molecule has 1 unspecified atom stereocenters. The summed E-state index contributed by atoms with van der Waals surface area (Å²) < 4.78 is 2.01. The molecule has 0 radical (unpaired) electrons. The van der Waals surface area contributed by atoms with Crippen molar-refractivity contribution in [1.29, 1.82) is 5.41 Å². The largest absolute Gasteiger partial charge is 0.352 e. The van der Waals surface area contributed by atoms with Gasteiger partial charge >= 0.3 is 11.4 Å². The zero-order valence-electron chi connectivity index (χ0n) is 8.35. The molecule has 7 nitrogen and oxygen atoms in total.